The van der Waals surface area contributed by atoms with E-state index in [4.69, 9.17) is 5.73 Å². The lowest BCUT2D eigenvalue weighted by Gasteiger charge is -2.26. The Labute approximate surface area is 145 Å². The number of carbonyl (C=O) groups is 2. The smallest absolute Gasteiger partial charge is 0.282 e. The standard InChI is InChI=1S/C18H21N3O2S/c1-12(21-10-2-4-15(21)16-5-3-11-24-16)18(23)20-14-8-6-13(7-9-14)17(19)22/h3,5-9,11-12,15H,2,4,10H2,1H3,(H2,19,22)(H,20,23)/p+1/t12-,15-/m1/s1. The number of amides is 2. The van der Waals surface area contributed by atoms with Gasteiger partial charge >= 0.3 is 0 Å². The quantitative estimate of drug-likeness (QED) is 0.770. The normalized spacial score (nSPS) is 21.4. The van der Waals surface area contributed by atoms with Crippen LogP contribution in [-0.2, 0) is 4.79 Å². The van der Waals surface area contributed by atoms with Crippen LogP contribution in [0, 0.1) is 0 Å². The molecule has 0 saturated carbocycles. The van der Waals surface area contributed by atoms with Gasteiger partial charge in [-0.05, 0) is 42.6 Å². The summed E-state index contributed by atoms with van der Waals surface area (Å²) in [6.45, 7) is 2.99. The van der Waals surface area contributed by atoms with Crippen LogP contribution in [0.2, 0.25) is 0 Å². The number of nitrogens with one attached hydrogen (secondary N) is 2. The van der Waals surface area contributed by atoms with Crippen molar-refractivity contribution < 1.29 is 14.5 Å². The molecule has 1 unspecified atom stereocenters. The van der Waals surface area contributed by atoms with E-state index >= 15 is 0 Å². The third-order valence-electron chi connectivity index (χ3n) is 4.68. The van der Waals surface area contributed by atoms with Crippen LogP contribution in [0.4, 0.5) is 5.69 Å². The highest BCUT2D eigenvalue weighted by Gasteiger charge is 2.37. The highest BCUT2D eigenvalue weighted by atomic mass is 32.1. The molecule has 3 rings (SSSR count). The first-order valence-corrected chi connectivity index (χ1v) is 9.04. The lowest BCUT2D eigenvalue weighted by atomic mass is 10.1. The molecule has 126 valence electrons. The van der Waals surface area contributed by atoms with Crippen molar-refractivity contribution in [3.05, 3.63) is 52.2 Å². The number of likely N-dealkylation sites (tertiary alicyclic amines) is 1. The van der Waals surface area contributed by atoms with Crippen LogP contribution in [0.1, 0.15) is 41.0 Å². The topological polar surface area (TPSA) is 76.6 Å². The molecular formula is C18H22N3O2S+. The Bertz CT molecular complexity index is 712. The average Bonchev–Trinajstić information content (AvgIpc) is 3.25. The highest BCUT2D eigenvalue weighted by molar-refractivity contribution is 7.10. The Morgan fingerprint density at radius 1 is 1.29 bits per heavy atom. The van der Waals surface area contributed by atoms with Gasteiger partial charge in [-0.2, -0.15) is 0 Å². The largest absolute Gasteiger partial charge is 0.366 e. The summed E-state index contributed by atoms with van der Waals surface area (Å²) in [5.41, 5.74) is 6.35. The molecule has 1 aliphatic rings. The van der Waals surface area contributed by atoms with Crippen molar-refractivity contribution in [2.75, 3.05) is 11.9 Å². The molecule has 3 atom stereocenters. The van der Waals surface area contributed by atoms with E-state index in [0.29, 0.717) is 17.3 Å². The predicted molar refractivity (Wildman–Crippen MR) is 95.2 cm³/mol. The second-order valence-corrected chi connectivity index (χ2v) is 7.17. The molecule has 5 nitrogen and oxygen atoms in total. The number of carbonyl (C=O) groups excluding carboxylic acids is 2. The fraction of sp³-hybridized carbons (Fsp3) is 0.333. The van der Waals surface area contributed by atoms with E-state index in [9.17, 15) is 9.59 Å². The number of quaternary nitrogens is 1. The van der Waals surface area contributed by atoms with E-state index in [1.54, 1.807) is 35.6 Å². The fourth-order valence-corrected chi connectivity index (χ4v) is 4.24. The number of benzene rings is 1. The zero-order valence-electron chi connectivity index (χ0n) is 13.6. The van der Waals surface area contributed by atoms with Gasteiger partial charge in [-0.3, -0.25) is 9.59 Å². The minimum atomic E-state index is -0.471. The van der Waals surface area contributed by atoms with E-state index in [2.05, 4.69) is 22.8 Å². The monoisotopic (exact) mass is 344 g/mol. The first kappa shape index (κ1) is 16.7. The molecule has 1 aromatic carbocycles. The van der Waals surface area contributed by atoms with Crippen molar-refractivity contribution in [1.82, 2.24) is 0 Å². The Morgan fingerprint density at radius 2 is 2.04 bits per heavy atom. The number of thiophene rings is 1. The summed E-state index contributed by atoms with van der Waals surface area (Å²) in [6.07, 6.45) is 2.27. The lowest BCUT2D eigenvalue weighted by Crippen LogP contribution is -3.15. The van der Waals surface area contributed by atoms with E-state index in [-0.39, 0.29) is 11.9 Å². The molecule has 0 radical (unpaired) electrons. The summed E-state index contributed by atoms with van der Waals surface area (Å²) in [5, 5.41) is 5.04. The summed E-state index contributed by atoms with van der Waals surface area (Å²) in [6, 6.07) is 11.2. The van der Waals surface area contributed by atoms with Crippen molar-refractivity contribution >= 4 is 28.8 Å². The van der Waals surface area contributed by atoms with Crippen LogP contribution >= 0.6 is 11.3 Å². The summed E-state index contributed by atoms with van der Waals surface area (Å²) in [4.78, 5) is 26.4. The number of anilines is 1. The van der Waals surface area contributed by atoms with Crippen LogP contribution in [0.5, 0.6) is 0 Å². The molecule has 2 heterocycles. The molecule has 1 aromatic heterocycles. The maximum Gasteiger partial charge on any atom is 0.282 e. The summed E-state index contributed by atoms with van der Waals surface area (Å²) < 4.78 is 0. The molecule has 2 amide bonds. The SMILES string of the molecule is C[C@H](C(=O)Nc1ccc(C(N)=O)cc1)[NH+]1CCC[C@@H]1c1cccs1. The maximum absolute atomic E-state index is 12.6. The molecule has 1 fully saturated rings. The maximum atomic E-state index is 12.6. The molecule has 6 heteroatoms. The van der Waals surface area contributed by atoms with E-state index < -0.39 is 5.91 Å². The second kappa shape index (κ2) is 7.15. The van der Waals surface area contributed by atoms with Gasteiger partial charge in [0, 0.05) is 24.1 Å². The molecule has 2 aromatic rings. The first-order chi connectivity index (χ1) is 11.6. The lowest BCUT2D eigenvalue weighted by molar-refractivity contribution is -0.931. The van der Waals surface area contributed by atoms with Gasteiger partial charge in [-0.25, -0.2) is 0 Å². The Morgan fingerprint density at radius 3 is 2.67 bits per heavy atom. The summed E-state index contributed by atoms with van der Waals surface area (Å²) in [5.74, 6) is -0.471. The van der Waals surface area contributed by atoms with Gasteiger partial charge in [0.2, 0.25) is 5.91 Å². The molecule has 1 aliphatic heterocycles. The number of rotatable bonds is 5. The van der Waals surface area contributed by atoms with E-state index in [0.717, 1.165) is 19.4 Å². The van der Waals surface area contributed by atoms with Gasteiger partial charge in [0.15, 0.2) is 6.04 Å². The van der Waals surface area contributed by atoms with Crippen molar-refractivity contribution in [3.8, 4) is 0 Å². The minimum absolute atomic E-state index is 0.000260. The summed E-state index contributed by atoms with van der Waals surface area (Å²) in [7, 11) is 0. The average molecular weight is 344 g/mol. The van der Waals surface area contributed by atoms with Crippen LogP contribution in [-0.4, -0.2) is 24.4 Å². The van der Waals surface area contributed by atoms with Crippen LogP contribution in [0.25, 0.3) is 0 Å². The summed E-state index contributed by atoms with van der Waals surface area (Å²) >= 11 is 1.77. The van der Waals surface area contributed by atoms with Gasteiger partial charge in [-0.15, -0.1) is 11.3 Å². The number of hydrogen-bond acceptors (Lipinski definition) is 3. The van der Waals surface area contributed by atoms with E-state index in [1.807, 2.05) is 6.92 Å². The van der Waals surface area contributed by atoms with Crippen molar-refractivity contribution in [3.63, 3.8) is 0 Å². The van der Waals surface area contributed by atoms with Crippen LogP contribution in [0.3, 0.4) is 0 Å². The molecule has 0 bridgehead atoms. The Hall–Kier alpha value is -2.18. The number of hydrogen-bond donors (Lipinski definition) is 3. The molecular weight excluding hydrogens is 322 g/mol. The van der Waals surface area contributed by atoms with Crippen LogP contribution in [0.15, 0.2) is 41.8 Å². The zero-order chi connectivity index (χ0) is 17.1. The number of nitrogens with two attached hydrogens (primary N) is 1. The van der Waals surface area contributed by atoms with Gasteiger partial charge in [0.1, 0.15) is 6.04 Å². The van der Waals surface area contributed by atoms with Gasteiger partial charge in [-0.1, -0.05) is 6.07 Å². The third kappa shape index (κ3) is 3.49. The van der Waals surface area contributed by atoms with Crippen molar-refractivity contribution in [2.45, 2.75) is 31.8 Å². The zero-order valence-corrected chi connectivity index (χ0v) is 14.4. The molecule has 4 N–H and O–H groups in total. The van der Waals surface area contributed by atoms with Gasteiger partial charge < -0.3 is 16.0 Å². The fourth-order valence-electron chi connectivity index (χ4n) is 3.34. The minimum Gasteiger partial charge on any atom is -0.366 e. The van der Waals surface area contributed by atoms with Crippen molar-refractivity contribution in [1.29, 1.82) is 0 Å². The third-order valence-corrected chi connectivity index (χ3v) is 5.66. The first-order valence-electron chi connectivity index (χ1n) is 8.16. The second-order valence-electron chi connectivity index (χ2n) is 6.19. The molecule has 1 saturated heterocycles. The molecule has 0 aliphatic carbocycles. The molecule has 0 spiro atoms. The number of primary amides is 1. The van der Waals surface area contributed by atoms with Crippen LogP contribution < -0.4 is 16.0 Å². The highest BCUT2D eigenvalue weighted by Crippen LogP contribution is 2.24. The van der Waals surface area contributed by atoms with E-state index in [1.165, 1.54) is 9.78 Å². The Balaban J connectivity index is 1.67. The van der Waals surface area contributed by atoms with Gasteiger partial charge in [0.25, 0.3) is 5.91 Å². The Kier molecular flexibility index (Phi) is 4.97. The predicted octanol–water partition coefficient (Wildman–Crippen LogP) is 1.59. The van der Waals surface area contributed by atoms with Gasteiger partial charge in [0.05, 0.1) is 11.4 Å². The van der Waals surface area contributed by atoms with Crippen molar-refractivity contribution in [2.24, 2.45) is 5.73 Å². The molecule has 24 heavy (non-hydrogen) atoms.